The summed E-state index contributed by atoms with van der Waals surface area (Å²) in [5, 5.41) is 2.70. The number of rotatable bonds is 7. The number of carbonyl (C=O) groups is 1. The quantitative estimate of drug-likeness (QED) is 0.615. The van der Waals surface area contributed by atoms with E-state index in [4.69, 9.17) is 4.74 Å². The van der Waals surface area contributed by atoms with Crippen LogP contribution in [0.2, 0.25) is 0 Å². The van der Waals surface area contributed by atoms with Crippen LogP contribution in [0.5, 0.6) is 5.75 Å². The summed E-state index contributed by atoms with van der Waals surface area (Å²) in [6, 6.07) is 11.6. The Morgan fingerprint density at radius 2 is 1.90 bits per heavy atom. The van der Waals surface area contributed by atoms with Gasteiger partial charge in [0.1, 0.15) is 12.3 Å². The zero-order valence-corrected chi connectivity index (χ0v) is 17.8. The van der Waals surface area contributed by atoms with Crippen LogP contribution in [0, 0.1) is 0 Å². The van der Waals surface area contributed by atoms with Gasteiger partial charge in [-0.1, -0.05) is 11.3 Å². The third-order valence-corrected chi connectivity index (χ3v) is 6.40. The van der Waals surface area contributed by atoms with Crippen LogP contribution >= 0.6 is 11.3 Å². The summed E-state index contributed by atoms with van der Waals surface area (Å²) in [6.07, 6.45) is 1.04. The molecule has 0 unspecified atom stereocenters. The van der Waals surface area contributed by atoms with Crippen LogP contribution in [0.25, 0.3) is 10.2 Å². The van der Waals surface area contributed by atoms with Crippen molar-refractivity contribution in [3.8, 4) is 5.75 Å². The van der Waals surface area contributed by atoms with Crippen LogP contribution in [-0.2, 0) is 21.4 Å². The monoisotopic (exact) mass is 435 g/mol. The van der Waals surface area contributed by atoms with Crippen molar-refractivity contribution in [3.63, 3.8) is 0 Å². The fourth-order valence-corrected chi connectivity index (χ4v) is 4.77. The number of hydrogen-bond acceptors (Lipinski definition) is 6. The van der Waals surface area contributed by atoms with Crippen molar-refractivity contribution in [2.45, 2.75) is 13.5 Å². The molecule has 154 valence electrons. The number of amides is 1. The number of thiazole rings is 1. The van der Waals surface area contributed by atoms with E-state index in [1.165, 1.54) is 7.11 Å². The Morgan fingerprint density at radius 3 is 2.48 bits per heavy atom. The third-order valence-electron chi connectivity index (χ3n) is 4.32. The molecule has 0 aliphatic rings. The average molecular weight is 436 g/mol. The van der Waals surface area contributed by atoms with Gasteiger partial charge in [0.15, 0.2) is 0 Å². The fourth-order valence-electron chi connectivity index (χ4n) is 2.92. The molecule has 0 fully saturated rings. The molecule has 1 N–H and O–H groups in total. The third kappa shape index (κ3) is 4.60. The van der Waals surface area contributed by atoms with Gasteiger partial charge < -0.3 is 10.1 Å². The van der Waals surface area contributed by atoms with Crippen LogP contribution in [0.4, 0.5) is 11.4 Å². The molecule has 8 nitrogen and oxygen atoms in total. The minimum absolute atomic E-state index is 0.0614. The number of aromatic nitrogens is 1. The summed E-state index contributed by atoms with van der Waals surface area (Å²) in [6.45, 7) is 2.08. The van der Waals surface area contributed by atoms with Gasteiger partial charge in [-0.25, -0.2) is 8.42 Å². The number of hydrogen-bond donors (Lipinski definition) is 1. The lowest BCUT2D eigenvalue weighted by molar-refractivity contribution is -0.114. The molecule has 0 aliphatic heterocycles. The summed E-state index contributed by atoms with van der Waals surface area (Å²) in [5.41, 5.74) is 1.66. The molecule has 0 saturated carbocycles. The van der Waals surface area contributed by atoms with E-state index < -0.39 is 15.9 Å². The molecule has 2 aromatic carbocycles. The maximum Gasteiger partial charge on any atom is 0.308 e. The highest BCUT2D eigenvalue weighted by Gasteiger charge is 2.21. The zero-order chi connectivity index (χ0) is 21.2. The average Bonchev–Trinajstić information content (AvgIpc) is 2.99. The SMILES string of the molecule is CCn1c(=O)sc2cc(NC(=O)CN(c3ccc(OC)cc3)S(C)(=O)=O)ccc21. The van der Waals surface area contributed by atoms with Gasteiger partial charge >= 0.3 is 4.87 Å². The second-order valence-electron chi connectivity index (χ2n) is 6.31. The first kappa shape index (κ1) is 20.9. The van der Waals surface area contributed by atoms with E-state index in [1.54, 1.807) is 47.0 Å². The topological polar surface area (TPSA) is 97.7 Å². The minimum Gasteiger partial charge on any atom is -0.497 e. The molecular formula is C19H21N3O5S2. The van der Waals surface area contributed by atoms with Crippen molar-refractivity contribution < 1.29 is 17.9 Å². The van der Waals surface area contributed by atoms with Crippen LogP contribution < -0.4 is 19.2 Å². The number of benzene rings is 2. The summed E-state index contributed by atoms with van der Waals surface area (Å²) >= 11 is 1.10. The number of ether oxygens (including phenoxy) is 1. The van der Waals surface area contributed by atoms with E-state index in [1.807, 2.05) is 6.92 Å². The molecule has 0 bridgehead atoms. The lowest BCUT2D eigenvalue weighted by atomic mass is 10.3. The van der Waals surface area contributed by atoms with Crippen molar-refractivity contribution in [1.82, 2.24) is 4.57 Å². The van der Waals surface area contributed by atoms with Gasteiger partial charge in [0.05, 0.1) is 29.3 Å². The highest BCUT2D eigenvalue weighted by Crippen LogP contribution is 2.23. The first-order valence-electron chi connectivity index (χ1n) is 8.78. The number of anilines is 2. The molecule has 0 atom stereocenters. The van der Waals surface area contributed by atoms with E-state index >= 15 is 0 Å². The minimum atomic E-state index is -3.68. The van der Waals surface area contributed by atoms with Crippen molar-refractivity contribution in [2.75, 3.05) is 29.5 Å². The molecule has 0 radical (unpaired) electrons. The highest BCUT2D eigenvalue weighted by atomic mass is 32.2. The van der Waals surface area contributed by atoms with Crippen LogP contribution in [0.15, 0.2) is 47.3 Å². The number of carbonyl (C=O) groups excluding carboxylic acids is 1. The Kier molecular flexibility index (Phi) is 5.94. The van der Waals surface area contributed by atoms with Crippen molar-refractivity contribution >= 4 is 48.9 Å². The van der Waals surface area contributed by atoms with Crippen LogP contribution in [0.1, 0.15) is 6.92 Å². The number of nitrogens with zero attached hydrogens (tertiary/aromatic N) is 2. The van der Waals surface area contributed by atoms with Crippen molar-refractivity contribution in [3.05, 3.63) is 52.1 Å². The summed E-state index contributed by atoms with van der Waals surface area (Å²) in [4.78, 5) is 24.4. The molecular weight excluding hydrogens is 414 g/mol. The lowest BCUT2D eigenvalue weighted by Crippen LogP contribution is -2.37. The van der Waals surface area contributed by atoms with Gasteiger partial charge in [0, 0.05) is 12.2 Å². The molecule has 29 heavy (non-hydrogen) atoms. The number of fused-ring (bicyclic) bond motifs is 1. The highest BCUT2D eigenvalue weighted by molar-refractivity contribution is 7.92. The van der Waals surface area contributed by atoms with Gasteiger partial charge in [-0.2, -0.15) is 0 Å². The maximum atomic E-state index is 12.5. The second kappa shape index (κ2) is 8.26. The predicted molar refractivity (Wildman–Crippen MR) is 116 cm³/mol. The van der Waals surface area contributed by atoms with E-state index in [-0.39, 0.29) is 11.4 Å². The molecule has 1 amide bonds. The lowest BCUT2D eigenvalue weighted by Gasteiger charge is -2.22. The van der Waals surface area contributed by atoms with Gasteiger partial charge in [-0.3, -0.25) is 18.5 Å². The molecule has 0 aliphatic carbocycles. The number of nitrogens with one attached hydrogen (secondary N) is 1. The van der Waals surface area contributed by atoms with Crippen molar-refractivity contribution in [2.24, 2.45) is 0 Å². The summed E-state index contributed by atoms with van der Waals surface area (Å²) < 4.78 is 32.9. The van der Waals surface area contributed by atoms with E-state index in [0.29, 0.717) is 23.7 Å². The molecule has 1 heterocycles. The Morgan fingerprint density at radius 1 is 1.21 bits per heavy atom. The molecule has 10 heteroatoms. The van der Waals surface area contributed by atoms with Crippen molar-refractivity contribution in [1.29, 1.82) is 0 Å². The largest absolute Gasteiger partial charge is 0.497 e. The van der Waals surface area contributed by atoms with Gasteiger partial charge in [0.25, 0.3) is 0 Å². The summed E-state index contributed by atoms with van der Waals surface area (Å²) in [7, 11) is -2.16. The molecule has 3 rings (SSSR count). The fraction of sp³-hybridized carbons (Fsp3) is 0.263. The maximum absolute atomic E-state index is 12.5. The number of aryl methyl sites for hydroxylation is 1. The Hall–Kier alpha value is -2.85. The smallest absolute Gasteiger partial charge is 0.308 e. The number of sulfonamides is 1. The first-order chi connectivity index (χ1) is 13.7. The Labute approximate surface area is 172 Å². The van der Waals surface area contributed by atoms with E-state index in [0.717, 1.165) is 32.1 Å². The molecule has 3 aromatic rings. The van der Waals surface area contributed by atoms with Gasteiger partial charge in [-0.15, -0.1) is 0 Å². The standard InChI is InChI=1S/C19H21N3O5S2/c1-4-21-16-10-5-13(11-17(16)28-19(21)24)20-18(23)12-22(29(3,25)26)14-6-8-15(27-2)9-7-14/h5-11H,4,12H2,1-3H3,(H,20,23). The van der Waals surface area contributed by atoms with Crippen LogP contribution in [0.3, 0.4) is 0 Å². The number of methoxy groups -OCH3 is 1. The molecule has 0 saturated heterocycles. The summed E-state index contributed by atoms with van der Waals surface area (Å²) in [5.74, 6) is 0.0887. The van der Waals surface area contributed by atoms with Gasteiger partial charge in [-0.05, 0) is 49.4 Å². The normalized spacial score (nSPS) is 11.4. The Bertz CT molecular complexity index is 1200. The molecule has 0 spiro atoms. The first-order valence-corrected chi connectivity index (χ1v) is 11.4. The van der Waals surface area contributed by atoms with Gasteiger partial charge in [0.2, 0.25) is 15.9 Å². The van der Waals surface area contributed by atoms with Crippen LogP contribution in [-0.4, -0.2) is 38.8 Å². The predicted octanol–water partition coefficient (Wildman–Crippen LogP) is 2.50. The Balaban J connectivity index is 1.81. The second-order valence-corrected chi connectivity index (χ2v) is 9.21. The zero-order valence-electron chi connectivity index (χ0n) is 16.2. The van der Waals surface area contributed by atoms with E-state index in [2.05, 4.69) is 5.32 Å². The van der Waals surface area contributed by atoms with E-state index in [9.17, 15) is 18.0 Å². The molecule has 1 aromatic heterocycles.